The van der Waals surface area contributed by atoms with Gasteiger partial charge in [0.05, 0.1) is 27.7 Å². The van der Waals surface area contributed by atoms with Gasteiger partial charge in [0, 0.05) is 12.8 Å². The number of ether oxygens (including phenoxy) is 2. The summed E-state index contributed by atoms with van der Waals surface area (Å²) in [4.78, 5) is 37.7. The lowest BCUT2D eigenvalue weighted by Crippen LogP contribution is -2.37. The number of nitrogens with zero attached hydrogens (tertiary/aromatic N) is 1. The van der Waals surface area contributed by atoms with Crippen LogP contribution in [0.4, 0.5) is 0 Å². The highest BCUT2D eigenvalue weighted by Crippen LogP contribution is 2.38. The molecule has 366 valence electrons. The Kier molecular flexibility index (Phi) is 43.6. The van der Waals surface area contributed by atoms with E-state index in [2.05, 4.69) is 38.2 Å². The molecule has 0 aliphatic carbocycles. The van der Waals surface area contributed by atoms with Crippen LogP contribution in [0.2, 0.25) is 0 Å². The van der Waals surface area contributed by atoms with Crippen molar-refractivity contribution in [3.8, 4) is 0 Å². The van der Waals surface area contributed by atoms with Crippen LogP contribution in [0.3, 0.4) is 0 Å². The SMILES string of the molecule is CCCCCCC/C=C\C/C=C\CCCCCCCCCCCC(=O)OC(COC(=O)CCCCCCCCCCCCCCCCCCC)COP(=O)([O-])OCC[N+](C)(C)C. The fraction of sp³-hybridized carbons (Fsp3) is 0.885. The highest BCUT2D eigenvalue weighted by molar-refractivity contribution is 7.45. The number of phosphoric acid groups is 1. The Hall–Kier alpha value is -1.51. The van der Waals surface area contributed by atoms with E-state index in [0.717, 1.165) is 51.4 Å². The van der Waals surface area contributed by atoms with Crippen molar-refractivity contribution in [1.82, 2.24) is 0 Å². The molecule has 0 amide bonds. The summed E-state index contributed by atoms with van der Waals surface area (Å²) in [7, 11) is 1.17. The van der Waals surface area contributed by atoms with E-state index in [1.807, 2.05) is 21.1 Å². The van der Waals surface area contributed by atoms with Crippen LogP contribution in [-0.4, -0.2) is 70.0 Å². The lowest BCUT2D eigenvalue weighted by atomic mass is 10.0. The summed E-state index contributed by atoms with van der Waals surface area (Å²) in [6.45, 7) is 4.26. The van der Waals surface area contributed by atoms with Gasteiger partial charge in [-0.2, -0.15) is 0 Å². The topological polar surface area (TPSA) is 111 Å². The third kappa shape index (κ3) is 48.0. The van der Waals surface area contributed by atoms with E-state index < -0.39 is 26.5 Å². The van der Waals surface area contributed by atoms with E-state index in [1.165, 1.54) is 161 Å². The Bertz CT molecular complexity index is 1110. The van der Waals surface area contributed by atoms with E-state index in [-0.39, 0.29) is 32.0 Å². The minimum Gasteiger partial charge on any atom is -0.756 e. The first-order valence-corrected chi connectivity index (χ1v) is 27.5. The zero-order valence-electron chi connectivity index (χ0n) is 41.3. The van der Waals surface area contributed by atoms with Crippen molar-refractivity contribution in [2.45, 2.75) is 251 Å². The third-order valence-corrected chi connectivity index (χ3v) is 12.4. The molecule has 0 fully saturated rings. The van der Waals surface area contributed by atoms with Gasteiger partial charge in [0.2, 0.25) is 0 Å². The monoisotopic (exact) mass is 898 g/mol. The minimum absolute atomic E-state index is 0.0294. The number of phosphoric ester groups is 1. The summed E-state index contributed by atoms with van der Waals surface area (Å²) >= 11 is 0. The van der Waals surface area contributed by atoms with Crippen LogP contribution in [0, 0.1) is 0 Å². The smallest absolute Gasteiger partial charge is 0.306 e. The predicted molar refractivity (Wildman–Crippen MR) is 259 cm³/mol. The molecule has 62 heavy (non-hydrogen) atoms. The van der Waals surface area contributed by atoms with Crippen LogP contribution in [-0.2, 0) is 32.7 Å². The maximum absolute atomic E-state index is 12.7. The van der Waals surface area contributed by atoms with Crippen molar-refractivity contribution >= 4 is 19.8 Å². The van der Waals surface area contributed by atoms with Crippen LogP contribution >= 0.6 is 7.82 Å². The van der Waals surface area contributed by atoms with Gasteiger partial charge in [-0.25, -0.2) is 0 Å². The molecule has 0 aliphatic rings. The molecule has 0 heterocycles. The van der Waals surface area contributed by atoms with Crippen LogP contribution in [0.1, 0.15) is 245 Å². The van der Waals surface area contributed by atoms with Crippen molar-refractivity contribution in [3.05, 3.63) is 24.3 Å². The number of carbonyl (C=O) groups excluding carboxylic acids is 2. The van der Waals surface area contributed by atoms with Gasteiger partial charge in [-0.15, -0.1) is 0 Å². The highest BCUT2D eigenvalue weighted by atomic mass is 31.2. The maximum Gasteiger partial charge on any atom is 0.306 e. The van der Waals surface area contributed by atoms with E-state index in [9.17, 15) is 19.0 Å². The number of quaternary nitrogens is 1. The van der Waals surface area contributed by atoms with Gasteiger partial charge in [-0.3, -0.25) is 14.2 Å². The van der Waals surface area contributed by atoms with Crippen molar-refractivity contribution in [3.63, 3.8) is 0 Å². The lowest BCUT2D eigenvalue weighted by Gasteiger charge is -2.28. The number of rotatable bonds is 48. The van der Waals surface area contributed by atoms with Crippen molar-refractivity contribution < 1.29 is 42.1 Å². The van der Waals surface area contributed by atoms with Gasteiger partial charge in [-0.1, -0.05) is 212 Å². The first kappa shape index (κ1) is 60.5. The van der Waals surface area contributed by atoms with Gasteiger partial charge in [0.15, 0.2) is 6.10 Å². The Morgan fingerprint density at radius 3 is 1.27 bits per heavy atom. The molecule has 0 rings (SSSR count). The zero-order chi connectivity index (χ0) is 45.7. The number of unbranched alkanes of at least 4 members (excludes halogenated alkanes) is 30. The molecule has 0 saturated carbocycles. The zero-order valence-corrected chi connectivity index (χ0v) is 42.2. The summed E-state index contributed by atoms with van der Waals surface area (Å²) in [5.41, 5.74) is 0. The molecule has 0 aromatic carbocycles. The first-order chi connectivity index (χ1) is 30.0. The molecule has 2 atom stereocenters. The summed E-state index contributed by atoms with van der Waals surface area (Å²) in [5, 5.41) is 0. The Morgan fingerprint density at radius 2 is 0.871 bits per heavy atom. The fourth-order valence-corrected chi connectivity index (χ4v) is 8.12. The molecule has 10 heteroatoms. The molecule has 0 aromatic rings. The Labute approximate surface area is 383 Å². The minimum atomic E-state index is -4.63. The van der Waals surface area contributed by atoms with Gasteiger partial charge < -0.3 is 27.9 Å². The van der Waals surface area contributed by atoms with Crippen LogP contribution in [0.25, 0.3) is 0 Å². The predicted octanol–water partition coefficient (Wildman–Crippen LogP) is 14.8. The average Bonchev–Trinajstić information content (AvgIpc) is 3.23. The Balaban J connectivity index is 4.23. The van der Waals surface area contributed by atoms with Crippen LogP contribution < -0.4 is 4.89 Å². The molecule has 0 aliphatic heterocycles. The largest absolute Gasteiger partial charge is 0.756 e. The third-order valence-electron chi connectivity index (χ3n) is 11.5. The van der Waals surface area contributed by atoms with E-state index in [1.54, 1.807) is 0 Å². The molecule has 0 N–H and O–H groups in total. The number of hydrogen-bond donors (Lipinski definition) is 0. The summed E-state index contributed by atoms with van der Waals surface area (Å²) < 4.78 is 34.1. The van der Waals surface area contributed by atoms with E-state index in [0.29, 0.717) is 17.4 Å². The number of carbonyl (C=O) groups is 2. The van der Waals surface area contributed by atoms with Gasteiger partial charge >= 0.3 is 11.9 Å². The number of allylic oxidation sites excluding steroid dienone is 4. The van der Waals surface area contributed by atoms with Crippen LogP contribution in [0.15, 0.2) is 24.3 Å². The molecule has 0 aromatic heterocycles. The highest BCUT2D eigenvalue weighted by Gasteiger charge is 2.21. The molecule has 9 nitrogen and oxygen atoms in total. The average molecular weight is 898 g/mol. The number of hydrogen-bond acceptors (Lipinski definition) is 8. The Morgan fingerprint density at radius 1 is 0.500 bits per heavy atom. The molecule has 0 spiro atoms. The summed E-state index contributed by atoms with van der Waals surface area (Å²) in [6, 6.07) is 0. The second-order valence-electron chi connectivity index (χ2n) is 18.9. The van der Waals surface area contributed by atoms with Crippen molar-refractivity contribution in [1.29, 1.82) is 0 Å². The summed E-state index contributed by atoms with van der Waals surface area (Å²) in [5.74, 6) is -0.826. The normalized spacial score (nSPS) is 13.6. The summed E-state index contributed by atoms with van der Waals surface area (Å²) in [6.07, 6.45) is 50.6. The van der Waals surface area contributed by atoms with Gasteiger partial charge in [-0.05, 0) is 44.9 Å². The van der Waals surface area contributed by atoms with Gasteiger partial charge in [0.25, 0.3) is 7.82 Å². The molecule has 0 radical (unpaired) electrons. The quantitative estimate of drug-likeness (QED) is 0.0195. The maximum atomic E-state index is 12.7. The van der Waals surface area contributed by atoms with Crippen molar-refractivity contribution in [2.24, 2.45) is 0 Å². The second kappa shape index (κ2) is 44.7. The number of esters is 2. The van der Waals surface area contributed by atoms with Crippen molar-refractivity contribution in [2.75, 3.05) is 47.5 Å². The van der Waals surface area contributed by atoms with E-state index in [4.69, 9.17) is 18.5 Å². The second-order valence-corrected chi connectivity index (χ2v) is 20.3. The molecular formula is C52H100NO8P. The van der Waals surface area contributed by atoms with Gasteiger partial charge in [0.1, 0.15) is 19.8 Å². The molecule has 0 saturated heterocycles. The standard InChI is InChI=1S/C52H100NO8P/c1-6-8-10-12-14-16-18-20-22-24-25-26-27-29-31-33-35-37-39-41-43-45-52(55)61-50(49-60-62(56,57)59-47-46-53(3,4)5)48-58-51(54)44-42-40-38-36-34-32-30-28-23-21-19-17-15-13-11-9-7-2/h18,20,24-25,50H,6-17,19,21-23,26-49H2,1-5H3/b20-18-,25-24-. The van der Waals surface area contributed by atoms with E-state index >= 15 is 0 Å². The molecule has 2 unspecified atom stereocenters. The van der Waals surface area contributed by atoms with Crippen LogP contribution in [0.5, 0.6) is 0 Å². The fourth-order valence-electron chi connectivity index (χ4n) is 7.39. The first-order valence-electron chi connectivity index (χ1n) is 26.0. The molecule has 0 bridgehead atoms. The lowest BCUT2D eigenvalue weighted by molar-refractivity contribution is -0.870. The molecular weight excluding hydrogens is 798 g/mol. The number of likely N-dealkylation sites (N-methyl/N-ethyl adjacent to an activating group) is 1.